The predicted molar refractivity (Wildman–Crippen MR) is 128 cm³/mol. The predicted octanol–water partition coefficient (Wildman–Crippen LogP) is 4.04. The summed E-state index contributed by atoms with van der Waals surface area (Å²) in [5.41, 5.74) is 3.20. The Morgan fingerprint density at radius 1 is 1.06 bits per heavy atom. The van der Waals surface area contributed by atoms with Gasteiger partial charge in [0.25, 0.3) is 5.56 Å². The summed E-state index contributed by atoms with van der Waals surface area (Å²) in [7, 11) is 0. The van der Waals surface area contributed by atoms with E-state index in [-0.39, 0.29) is 5.56 Å². The Morgan fingerprint density at radius 2 is 1.81 bits per heavy atom. The summed E-state index contributed by atoms with van der Waals surface area (Å²) >= 11 is 0. The minimum atomic E-state index is 0.00122. The van der Waals surface area contributed by atoms with Crippen LogP contribution < -0.4 is 16.2 Å². The molecule has 32 heavy (non-hydrogen) atoms. The van der Waals surface area contributed by atoms with E-state index in [1.807, 2.05) is 31.2 Å². The lowest BCUT2D eigenvalue weighted by Gasteiger charge is -2.10. The highest BCUT2D eigenvalue weighted by atomic mass is 16.5. The minimum Gasteiger partial charge on any atom is -0.359 e. The highest BCUT2D eigenvalue weighted by molar-refractivity contribution is 5.79. The molecule has 0 saturated carbocycles. The molecule has 1 aromatic carbocycles. The third-order valence-electron chi connectivity index (χ3n) is 5.45. The summed E-state index contributed by atoms with van der Waals surface area (Å²) in [5, 5.41) is 10.8. The SMILES string of the molecule is CCNC(=NCc1ccc(Cn2ccccc2=O)cc1)NCc1cc(C(CC)CC)no1. The first kappa shape index (κ1) is 23.3. The van der Waals surface area contributed by atoms with Gasteiger partial charge in [-0.05, 0) is 37.0 Å². The van der Waals surface area contributed by atoms with Gasteiger partial charge in [0.2, 0.25) is 0 Å². The number of pyridine rings is 1. The summed E-state index contributed by atoms with van der Waals surface area (Å²) in [4.78, 5) is 16.6. The van der Waals surface area contributed by atoms with Crippen molar-refractivity contribution in [2.45, 2.75) is 59.2 Å². The van der Waals surface area contributed by atoms with Gasteiger partial charge in [-0.15, -0.1) is 0 Å². The van der Waals surface area contributed by atoms with Gasteiger partial charge in [0.05, 0.1) is 25.3 Å². The van der Waals surface area contributed by atoms with Crippen LogP contribution in [0.3, 0.4) is 0 Å². The molecule has 2 aromatic heterocycles. The lowest BCUT2D eigenvalue weighted by atomic mass is 9.99. The van der Waals surface area contributed by atoms with Gasteiger partial charge in [0.1, 0.15) is 0 Å². The van der Waals surface area contributed by atoms with Crippen LogP contribution in [-0.2, 0) is 19.6 Å². The maximum absolute atomic E-state index is 11.9. The quantitative estimate of drug-likeness (QED) is 0.371. The van der Waals surface area contributed by atoms with Crippen molar-refractivity contribution in [3.05, 3.63) is 87.7 Å². The average molecular weight is 436 g/mol. The first-order valence-corrected chi connectivity index (χ1v) is 11.3. The highest BCUT2D eigenvalue weighted by Gasteiger charge is 2.13. The molecule has 3 rings (SSSR count). The van der Waals surface area contributed by atoms with Gasteiger partial charge in [0.15, 0.2) is 11.7 Å². The highest BCUT2D eigenvalue weighted by Crippen LogP contribution is 2.22. The number of nitrogens with zero attached hydrogens (tertiary/aromatic N) is 3. The fourth-order valence-electron chi connectivity index (χ4n) is 3.53. The lowest BCUT2D eigenvalue weighted by Crippen LogP contribution is -2.36. The summed E-state index contributed by atoms with van der Waals surface area (Å²) in [6, 6.07) is 15.4. The molecule has 2 N–H and O–H groups in total. The third kappa shape index (κ3) is 6.57. The zero-order valence-corrected chi connectivity index (χ0v) is 19.2. The van der Waals surface area contributed by atoms with Crippen LogP contribution in [0.2, 0.25) is 0 Å². The summed E-state index contributed by atoms with van der Waals surface area (Å²) in [6.07, 6.45) is 3.92. The van der Waals surface area contributed by atoms with Gasteiger partial charge in [0, 0.05) is 30.8 Å². The lowest BCUT2D eigenvalue weighted by molar-refractivity contribution is 0.368. The molecule has 0 bridgehead atoms. The molecule has 2 heterocycles. The van der Waals surface area contributed by atoms with Crippen molar-refractivity contribution in [1.29, 1.82) is 0 Å². The second-order valence-electron chi connectivity index (χ2n) is 7.76. The van der Waals surface area contributed by atoms with Gasteiger partial charge in [-0.3, -0.25) is 4.79 Å². The van der Waals surface area contributed by atoms with Gasteiger partial charge >= 0.3 is 0 Å². The number of hydrogen-bond donors (Lipinski definition) is 2. The molecule has 0 spiro atoms. The Labute approximate surface area is 189 Å². The van der Waals surface area contributed by atoms with Crippen molar-refractivity contribution >= 4 is 5.96 Å². The fraction of sp³-hybridized carbons (Fsp3) is 0.400. The molecule has 0 saturated heterocycles. The minimum absolute atomic E-state index is 0.00122. The van der Waals surface area contributed by atoms with Crippen LogP contribution >= 0.6 is 0 Å². The molecule has 0 aliphatic carbocycles. The van der Waals surface area contributed by atoms with E-state index in [1.54, 1.807) is 22.9 Å². The largest absolute Gasteiger partial charge is 0.359 e. The number of hydrogen-bond acceptors (Lipinski definition) is 4. The number of aromatic nitrogens is 2. The average Bonchev–Trinajstić information content (AvgIpc) is 3.28. The van der Waals surface area contributed by atoms with Crippen molar-refractivity contribution in [1.82, 2.24) is 20.4 Å². The number of nitrogens with one attached hydrogen (secondary N) is 2. The van der Waals surface area contributed by atoms with Crippen molar-refractivity contribution in [3.8, 4) is 0 Å². The first-order valence-electron chi connectivity index (χ1n) is 11.3. The Balaban J connectivity index is 1.57. The Kier molecular flexibility index (Phi) is 8.66. The van der Waals surface area contributed by atoms with Crippen molar-refractivity contribution in [3.63, 3.8) is 0 Å². The van der Waals surface area contributed by atoms with E-state index in [1.165, 1.54) is 0 Å². The van der Waals surface area contributed by atoms with Gasteiger partial charge < -0.3 is 19.7 Å². The molecule has 0 radical (unpaired) electrons. The van der Waals surface area contributed by atoms with Crippen LogP contribution in [0, 0.1) is 0 Å². The molecule has 3 aromatic rings. The third-order valence-corrected chi connectivity index (χ3v) is 5.45. The zero-order chi connectivity index (χ0) is 22.8. The molecular weight excluding hydrogens is 402 g/mol. The van der Waals surface area contributed by atoms with Crippen LogP contribution in [0.25, 0.3) is 0 Å². The van der Waals surface area contributed by atoms with Crippen LogP contribution in [0.15, 0.2) is 69.0 Å². The molecule has 170 valence electrons. The van der Waals surface area contributed by atoms with E-state index in [2.05, 4.69) is 46.8 Å². The van der Waals surface area contributed by atoms with E-state index < -0.39 is 0 Å². The molecule has 0 aliphatic heterocycles. The van der Waals surface area contributed by atoms with E-state index in [0.29, 0.717) is 25.6 Å². The topological polar surface area (TPSA) is 84.5 Å². The maximum Gasteiger partial charge on any atom is 0.250 e. The van der Waals surface area contributed by atoms with Crippen molar-refractivity contribution in [2.24, 2.45) is 4.99 Å². The molecule has 7 nitrogen and oxygen atoms in total. The molecule has 7 heteroatoms. The van der Waals surface area contributed by atoms with Gasteiger partial charge in [-0.1, -0.05) is 49.3 Å². The number of guanidine groups is 1. The van der Waals surface area contributed by atoms with Crippen molar-refractivity contribution in [2.75, 3.05) is 6.54 Å². The van der Waals surface area contributed by atoms with E-state index in [9.17, 15) is 4.79 Å². The molecule has 0 aliphatic rings. The summed E-state index contributed by atoms with van der Waals surface area (Å²) < 4.78 is 7.18. The van der Waals surface area contributed by atoms with E-state index in [0.717, 1.165) is 47.9 Å². The van der Waals surface area contributed by atoms with Crippen LogP contribution in [0.4, 0.5) is 0 Å². The van der Waals surface area contributed by atoms with Gasteiger partial charge in [-0.2, -0.15) is 0 Å². The Morgan fingerprint density at radius 3 is 2.50 bits per heavy atom. The number of aliphatic imine (C=N–C) groups is 1. The smallest absolute Gasteiger partial charge is 0.250 e. The standard InChI is InChI=1S/C25H33N5O2/c1-4-21(5-2)23-15-22(32-29-23)17-28-25(26-6-3)27-16-19-10-12-20(13-11-19)18-30-14-8-7-9-24(30)31/h7-15,21H,4-6,16-18H2,1-3H3,(H2,26,27,28). The molecule has 0 atom stereocenters. The normalized spacial score (nSPS) is 11.7. The van der Waals surface area contributed by atoms with E-state index >= 15 is 0 Å². The summed E-state index contributed by atoms with van der Waals surface area (Å²) in [6.45, 7) is 8.79. The van der Waals surface area contributed by atoms with Crippen LogP contribution in [0.1, 0.15) is 62.1 Å². The molecule has 0 fully saturated rings. The van der Waals surface area contributed by atoms with Gasteiger partial charge in [-0.25, -0.2) is 4.99 Å². The molecule has 0 amide bonds. The maximum atomic E-state index is 11.9. The second-order valence-corrected chi connectivity index (χ2v) is 7.76. The van der Waals surface area contributed by atoms with Crippen LogP contribution in [0.5, 0.6) is 0 Å². The first-order chi connectivity index (χ1) is 15.6. The fourth-order valence-corrected chi connectivity index (χ4v) is 3.53. The molecule has 0 unspecified atom stereocenters. The molecular formula is C25H33N5O2. The Hall–Kier alpha value is -3.35. The monoisotopic (exact) mass is 435 g/mol. The Bertz CT molecular complexity index is 1050. The zero-order valence-electron chi connectivity index (χ0n) is 19.2. The number of rotatable bonds is 10. The number of benzene rings is 1. The van der Waals surface area contributed by atoms with E-state index in [4.69, 9.17) is 4.52 Å². The second kappa shape index (κ2) is 11.9. The van der Waals surface area contributed by atoms with Crippen LogP contribution in [-0.4, -0.2) is 22.2 Å². The van der Waals surface area contributed by atoms with Crippen molar-refractivity contribution < 1.29 is 4.52 Å². The summed E-state index contributed by atoms with van der Waals surface area (Å²) in [5.74, 6) is 1.98.